The predicted octanol–water partition coefficient (Wildman–Crippen LogP) is 5.73. The summed E-state index contributed by atoms with van der Waals surface area (Å²) in [7, 11) is 0. The Kier molecular flexibility index (Phi) is 5.36. The van der Waals surface area contributed by atoms with Crippen LogP contribution in [0.15, 0.2) is 76.4 Å². The smallest absolute Gasteiger partial charge is 0.277 e. The largest absolute Gasteiger partial charge is 0.411 e. The molecule has 0 spiro atoms. The fourth-order valence-electron chi connectivity index (χ4n) is 3.77. The number of hydrogen-bond donors (Lipinski definition) is 1. The monoisotopic (exact) mass is 446 g/mol. The zero-order valence-electron chi connectivity index (χ0n) is 17.2. The van der Waals surface area contributed by atoms with E-state index in [1.54, 1.807) is 12.1 Å². The molecule has 0 radical (unpaired) electrons. The molecule has 0 aliphatic carbocycles. The molecule has 0 aliphatic rings. The van der Waals surface area contributed by atoms with Crippen LogP contribution in [0.2, 0.25) is 0 Å². The fraction of sp³-hybridized carbons (Fsp3) is 0.125. The highest BCUT2D eigenvalue weighted by atomic mass is 32.2. The van der Waals surface area contributed by atoms with Gasteiger partial charge in [0.15, 0.2) is 0 Å². The van der Waals surface area contributed by atoms with Crippen LogP contribution >= 0.6 is 11.8 Å². The maximum absolute atomic E-state index is 13.1. The van der Waals surface area contributed by atoms with Crippen LogP contribution in [0.5, 0.6) is 0 Å². The van der Waals surface area contributed by atoms with Gasteiger partial charge in [0.25, 0.3) is 5.22 Å². The molecule has 1 amide bonds. The summed E-state index contributed by atoms with van der Waals surface area (Å²) >= 11 is 1.15. The van der Waals surface area contributed by atoms with E-state index in [0.717, 1.165) is 40.3 Å². The summed E-state index contributed by atoms with van der Waals surface area (Å²) in [6, 6.07) is 20.0. The molecule has 0 bridgehead atoms. The summed E-state index contributed by atoms with van der Waals surface area (Å²) in [6.07, 6.45) is 0. The number of hydrogen-bond acceptors (Lipinski definition) is 5. The van der Waals surface area contributed by atoms with Gasteiger partial charge >= 0.3 is 0 Å². The second-order valence-corrected chi connectivity index (χ2v) is 8.14. The SMILES string of the molecule is CCn1c2ccccc2c2cc(NC(=O)CSc3nnc(-c4ccc(F)cc4)o3)ccc21. The van der Waals surface area contributed by atoms with Gasteiger partial charge < -0.3 is 14.3 Å². The first-order valence-electron chi connectivity index (χ1n) is 10.2. The lowest BCUT2D eigenvalue weighted by atomic mass is 10.1. The number of anilines is 1. The normalized spacial score (nSPS) is 11.3. The zero-order valence-corrected chi connectivity index (χ0v) is 18.0. The predicted molar refractivity (Wildman–Crippen MR) is 124 cm³/mol. The number of rotatable bonds is 6. The number of fused-ring (bicyclic) bond motifs is 3. The third-order valence-electron chi connectivity index (χ3n) is 5.20. The number of carbonyl (C=O) groups excluding carboxylic acids is 1. The third kappa shape index (κ3) is 3.85. The van der Waals surface area contributed by atoms with Gasteiger partial charge in [-0.15, -0.1) is 10.2 Å². The second kappa shape index (κ2) is 8.47. The van der Waals surface area contributed by atoms with Crippen LogP contribution in [0.4, 0.5) is 10.1 Å². The van der Waals surface area contributed by atoms with Crippen molar-refractivity contribution in [3.63, 3.8) is 0 Å². The Balaban J connectivity index is 1.28. The van der Waals surface area contributed by atoms with Gasteiger partial charge in [0.05, 0.1) is 5.75 Å². The Morgan fingerprint density at radius 3 is 2.62 bits per heavy atom. The highest BCUT2D eigenvalue weighted by Gasteiger charge is 2.13. The molecule has 5 aromatic rings. The minimum Gasteiger partial charge on any atom is -0.411 e. The van der Waals surface area contributed by atoms with Crippen molar-refractivity contribution >= 4 is 45.2 Å². The van der Waals surface area contributed by atoms with Crippen LogP contribution < -0.4 is 5.32 Å². The second-order valence-electron chi connectivity index (χ2n) is 7.21. The number of halogens is 1. The molecule has 0 fully saturated rings. The Labute approximate surface area is 187 Å². The number of thioether (sulfide) groups is 1. The van der Waals surface area contributed by atoms with Gasteiger partial charge in [0.1, 0.15) is 5.82 Å². The van der Waals surface area contributed by atoms with Crippen LogP contribution in [-0.2, 0) is 11.3 Å². The average Bonchev–Trinajstić information content (AvgIpc) is 3.41. The highest BCUT2D eigenvalue weighted by molar-refractivity contribution is 7.99. The third-order valence-corrected chi connectivity index (χ3v) is 6.02. The van der Waals surface area contributed by atoms with Gasteiger partial charge in [0.2, 0.25) is 11.8 Å². The molecule has 1 N–H and O–H groups in total. The fourth-order valence-corrected chi connectivity index (χ4v) is 4.34. The molecule has 2 heterocycles. The van der Waals surface area contributed by atoms with E-state index in [4.69, 9.17) is 4.42 Å². The standard InChI is InChI=1S/C24H19FN4O2S/c1-2-29-20-6-4-3-5-18(20)19-13-17(11-12-21(19)29)26-22(30)14-32-24-28-27-23(31-24)15-7-9-16(25)10-8-15/h3-13H,2,14H2,1H3,(H,26,30). The van der Waals surface area contributed by atoms with E-state index in [1.165, 1.54) is 17.6 Å². The molecule has 8 heteroatoms. The van der Waals surface area contributed by atoms with E-state index in [-0.39, 0.29) is 28.6 Å². The topological polar surface area (TPSA) is 73.0 Å². The molecular weight excluding hydrogens is 427 g/mol. The maximum atomic E-state index is 13.1. The summed E-state index contributed by atoms with van der Waals surface area (Å²) in [5, 5.41) is 13.4. The first-order valence-corrected chi connectivity index (χ1v) is 11.1. The summed E-state index contributed by atoms with van der Waals surface area (Å²) < 4.78 is 20.9. The molecule has 0 unspecified atom stereocenters. The minimum absolute atomic E-state index is 0.125. The molecule has 0 atom stereocenters. The molecule has 32 heavy (non-hydrogen) atoms. The Morgan fingerprint density at radius 1 is 1.03 bits per heavy atom. The van der Waals surface area contributed by atoms with E-state index in [0.29, 0.717) is 5.56 Å². The number of amides is 1. The van der Waals surface area contributed by atoms with Crippen LogP contribution in [0.3, 0.4) is 0 Å². The number of aryl methyl sites for hydroxylation is 1. The van der Waals surface area contributed by atoms with Crippen molar-refractivity contribution < 1.29 is 13.6 Å². The summed E-state index contributed by atoms with van der Waals surface area (Å²) in [5.74, 6) is -0.0995. The number of para-hydroxylation sites is 1. The number of benzene rings is 3. The van der Waals surface area contributed by atoms with Crippen molar-refractivity contribution in [3.8, 4) is 11.5 Å². The molecule has 3 aromatic carbocycles. The zero-order chi connectivity index (χ0) is 22.1. The summed E-state index contributed by atoms with van der Waals surface area (Å²) in [6.45, 7) is 2.99. The van der Waals surface area contributed by atoms with Crippen molar-refractivity contribution in [2.75, 3.05) is 11.1 Å². The van der Waals surface area contributed by atoms with Gasteiger partial charge in [0, 0.05) is 39.6 Å². The maximum Gasteiger partial charge on any atom is 0.277 e. The molecule has 0 aliphatic heterocycles. The number of nitrogens with zero attached hydrogens (tertiary/aromatic N) is 3. The van der Waals surface area contributed by atoms with Crippen LogP contribution in [-0.4, -0.2) is 26.4 Å². The lowest BCUT2D eigenvalue weighted by Gasteiger charge is -2.06. The summed E-state index contributed by atoms with van der Waals surface area (Å²) in [5.41, 5.74) is 3.67. The van der Waals surface area contributed by atoms with E-state index in [2.05, 4.69) is 39.1 Å². The van der Waals surface area contributed by atoms with Crippen molar-refractivity contribution in [1.82, 2.24) is 14.8 Å². The van der Waals surface area contributed by atoms with Gasteiger partial charge in [-0.1, -0.05) is 30.0 Å². The van der Waals surface area contributed by atoms with Gasteiger partial charge in [-0.05, 0) is 55.5 Å². The molecule has 160 valence electrons. The minimum atomic E-state index is -0.336. The molecule has 2 aromatic heterocycles. The Morgan fingerprint density at radius 2 is 1.81 bits per heavy atom. The van der Waals surface area contributed by atoms with Crippen LogP contribution in [0, 0.1) is 5.82 Å². The molecule has 0 saturated heterocycles. The van der Waals surface area contributed by atoms with Gasteiger partial charge in [-0.2, -0.15) is 0 Å². The van der Waals surface area contributed by atoms with Crippen molar-refractivity contribution in [1.29, 1.82) is 0 Å². The first-order chi connectivity index (χ1) is 15.6. The van der Waals surface area contributed by atoms with E-state index in [1.807, 2.05) is 30.3 Å². The number of carbonyl (C=O) groups is 1. The van der Waals surface area contributed by atoms with E-state index >= 15 is 0 Å². The highest BCUT2D eigenvalue weighted by Crippen LogP contribution is 2.31. The van der Waals surface area contributed by atoms with E-state index in [9.17, 15) is 9.18 Å². The quantitative estimate of drug-likeness (QED) is 0.337. The lowest BCUT2D eigenvalue weighted by molar-refractivity contribution is -0.113. The van der Waals surface area contributed by atoms with E-state index < -0.39 is 0 Å². The lowest BCUT2D eigenvalue weighted by Crippen LogP contribution is -2.13. The number of aromatic nitrogens is 3. The molecule has 5 rings (SSSR count). The first kappa shape index (κ1) is 20.3. The Bertz CT molecular complexity index is 1430. The average molecular weight is 447 g/mol. The van der Waals surface area contributed by atoms with Crippen LogP contribution in [0.25, 0.3) is 33.3 Å². The van der Waals surface area contributed by atoms with Crippen molar-refractivity contribution in [2.24, 2.45) is 0 Å². The summed E-state index contributed by atoms with van der Waals surface area (Å²) in [4.78, 5) is 12.5. The van der Waals surface area contributed by atoms with Crippen molar-refractivity contribution in [3.05, 3.63) is 72.5 Å². The molecule has 6 nitrogen and oxygen atoms in total. The number of nitrogens with one attached hydrogen (secondary N) is 1. The van der Waals surface area contributed by atoms with Crippen LogP contribution in [0.1, 0.15) is 6.92 Å². The molecular formula is C24H19FN4O2S. The van der Waals surface area contributed by atoms with Gasteiger partial charge in [-0.25, -0.2) is 4.39 Å². The van der Waals surface area contributed by atoms with Gasteiger partial charge in [-0.3, -0.25) is 4.79 Å². The molecule has 0 saturated carbocycles. The van der Waals surface area contributed by atoms with Crippen molar-refractivity contribution in [2.45, 2.75) is 18.7 Å². The Hall–Kier alpha value is -3.65.